The third-order valence-electron chi connectivity index (χ3n) is 3.82. The summed E-state index contributed by atoms with van der Waals surface area (Å²) in [6.45, 7) is 3.41. The molecule has 2 unspecified atom stereocenters. The van der Waals surface area contributed by atoms with Gasteiger partial charge in [-0.25, -0.2) is 0 Å². The van der Waals surface area contributed by atoms with Gasteiger partial charge in [-0.2, -0.15) is 5.10 Å². The number of carbonyl (C=O) groups excluding carboxylic acids is 1. The second-order valence-corrected chi connectivity index (χ2v) is 4.68. The van der Waals surface area contributed by atoms with Crippen molar-refractivity contribution in [2.75, 3.05) is 13.1 Å². The van der Waals surface area contributed by atoms with Crippen LogP contribution in [0.15, 0.2) is 18.5 Å². The molecule has 2 fully saturated rings. The van der Waals surface area contributed by atoms with Gasteiger partial charge in [0.2, 0.25) is 5.91 Å². The molecule has 1 amide bonds. The number of likely N-dealkylation sites (tertiary alicyclic amines) is 1. The fourth-order valence-electron chi connectivity index (χ4n) is 2.81. The number of hydrogen-bond donors (Lipinski definition) is 0. The maximum atomic E-state index is 11.4. The molecular formula is C11H15N3O. The SMILES string of the molecule is CC(=O)N1CCC2CC2(n2cccn2)C1. The molecule has 3 rings (SSSR count). The second-order valence-electron chi connectivity index (χ2n) is 4.68. The first kappa shape index (κ1) is 8.95. The molecular weight excluding hydrogens is 190 g/mol. The molecule has 1 saturated carbocycles. The Morgan fingerprint density at radius 1 is 1.60 bits per heavy atom. The van der Waals surface area contributed by atoms with E-state index in [1.54, 1.807) is 6.92 Å². The molecule has 1 aromatic heterocycles. The number of fused-ring (bicyclic) bond motifs is 1. The Balaban J connectivity index is 1.86. The Kier molecular flexibility index (Phi) is 1.69. The van der Waals surface area contributed by atoms with Crippen LogP contribution < -0.4 is 0 Å². The van der Waals surface area contributed by atoms with Crippen molar-refractivity contribution in [1.82, 2.24) is 14.7 Å². The first-order chi connectivity index (χ1) is 7.22. The molecule has 2 atom stereocenters. The van der Waals surface area contributed by atoms with Crippen molar-refractivity contribution in [3.05, 3.63) is 18.5 Å². The summed E-state index contributed by atoms with van der Waals surface area (Å²) in [6, 6.07) is 1.96. The Morgan fingerprint density at radius 3 is 3.13 bits per heavy atom. The predicted molar refractivity (Wildman–Crippen MR) is 55.2 cm³/mol. The van der Waals surface area contributed by atoms with Gasteiger partial charge in [-0.05, 0) is 24.8 Å². The van der Waals surface area contributed by atoms with E-state index in [1.807, 2.05) is 28.0 Å². The lowest BCUT2D eigenvalue weighted by molar-refractivity contribution is -0.130. The van der Waals surface area contributed by atoms with E-state index in [2.05, 4.69) is 5.10 Å². The van der Waals surface area contributed by atoms with Gasteiger partial charge in [-0.15, -0.1) is 0 Å². The number of nitrogens with zero attached hydrogens (tertiary/aromatic N) is 3. The molecule has 2 heterocycles. The molecule has 4 heteroatoms. The highest BCUT2D eigenvalue weighted by molar-refractivity contribution is 5.73. The molecule has 0 spiro atoms. The van der Waals surface area contributed by atoms with Gasteiger partial charge in [0.1, 0.15) is 0 Å². The second kappa shape index (κ2) is 2.84. The summed E-state index contributed by atoms with van der Waals surface area (Å²) in [5, 5.41) is 4.33. The van der Waals surface area contributed by atoms with E-state index in [0.717, 1.165) is 25.4 Å². The lowest BCUT2D eigenvalue weighted by Gasteiger charge is -2.32. The van der Waals surface area contributed by atoms with Crippen molar-refractivity contribution in [3.63, 3.8) is 0 Å². The van der Waals surface area contributed by atoms with Crippen LogP contribution in [0, 0.1) is 5.92 Å². The maximum absolute atomic E-state index is 11.4. The van der Waals surface area contributed by atoms with Crippen molar-refractivity contribution in [3.8, 4) is 0 Å². The normalized spacial score (nSPS) is 33.7. The van der Waals surface area contributed by atoms with Gasteiger partial charge in [0.15, 0.2) is 0 Å². The number of aromatic nitrogens is 2. The molecule has 0 aromatic carbocycles. The standard InChI is InChI=1S/C11H15N3O/c1-9(15)13-6-3-10-7-11(10,8-13)14-5-2-4-12-14/h2,4-5,10H,3,6-8H2,1H3. The van der Waals surface area contributed by atoms with Crippen LogP contribution in [0.4, 0.5) is 0 Å². The molecule has 1 saturated heterocycles. The minimum Gasteiger partial charge on any atom is -0.340 e. The third-order valence-corrected chi connectivity index (χ3v) is 3.82. The monoisotopic (exact) mass is 205 g/mol. The van der Waals surface area contributed by atoms with E-state index in [0.29, 0.717) is 0 Å². The summed E-state index contributed by atoms with van der Waals surface area (Å²) < 4.78 is 2.05. The Labute approximate surface area is 88.9 Å². The summed E-state index contributed by atoms with van der Waals surface area (Å²) in [5.74, 6) is 0.917. The molecule has 1 aliphatic heterocycles. The maximum Gasteiger partial charge on any atom is 0.219 e. The van der Waals surface area contributed by atoms with E-state index in [1.165, 1.54) is 6.42 Å². The van der Waals surface area contributed by atoms with Crippen LogP contribution in [0.3, 0.4) is 0 Å². The van der Waals surface area contributed by atoms with E-state index in [-0.39, 0.29) is 11.4 Å². The first-order valence-corrected chi connectivity index (χ1v) is 5.48. The van der Waals surface area contributed by atoms with Crippen LogP contribution in [0.2, 0.25) is 0 Å². The van der Waals surface area contributed by atoms with Crippen LogP contribution in [-0.4, -0.2) is 33.7 Å². The molecule has 4 nitrogen and oxygen atoms in total. The summed E-state index contributed by atoms with van der Waals surface area (Å²) in [7, 11) is 0. The van der Waals surface area contributed by atoms with Crippen LogP contribution in [0.1, 0.15) is 19.8 Å². The highest BCUT2D eigenvalue weighted by Gasteiger charge is 2.59. The van der Waals surface area contributed by atoms with Crippen molar-refractivity contribution in [2.45, 2.75) is 25.3 Å². The van der Waals surface area contributed by atoms with Crippen LogP contribution in [-0.2, 0) is 10.3 Å². The van der Waals surface area contributed by atoms with Crippen LogP contribution >= 0.6 is 0 Å². The van der Waals surface area contributed by atoms with E-state index in [9.17, 15) is 4.79 Å². The molecule has 2 aliphatic rings. The van der Waals surface area contributed by atoms with E-state index in [4.69, 9.17) is 0 Å². The quantitative estimate of drug-likeness (QED) is 0.681. The summed E-state index contributed by atoms with van der Waals surface area (Å²) in [6.07, 6.45) is 6.14. The molecule has 1 aromatic rings. The van der Waals surface area contributed by atoms with Crippen molar-refractivity contribution < 1.29 is 4.79 Å². The van der Waals surface area contributed by atoms with Gasteiger partial charge in [0.25, 0.3) is 0 Å². The van der Waals surface area contributed by atoms with Gasteiger partial charge in [0.05, 0.1) is 5.54 Å². The number of amides is 1. The highest BCUT2D eigenvalue weighted by atomic mass is 16.2. The molecule has 1 aliphatic carbocycles. The fourth-order valence-corrected chi connectivity index (χ4v) is 2.81. The number of rotatable bonds is 1. The number of piperidine rings is 1. The zero-order valence-corrected chi connectivity index (χ0v) is 8.89. The van der Waals surface area contributed by atoms with Crippen molar-refractivity contribution >= 4 is 5.91 Å². The number of carbonyl (C=O) groups is 1. The Hall–Kier alpha value is -1.32. The molecule has 0 bridgehead atoms. The average molecular weight is 205 g/mol. The Morgan fingerprint density at radius 2 is 2.47 bits per heavy atom. The van der Waals surface area contributed by atoms with Crippen LogP contribution in [0.5, 0.6) is 0 Å². The minimum atomic E-state index is 0.132. The summed E-state index contributed by atoms with van der Waals surface area (Å²) in [4.78, 5) is 13.3. The Bertz CT molecular complexity index is 387. The van der Waals surface area contributed by atoms with E-state index >= 15 is 0 Å². The summed E-state index contributed by atoms with van der Waals surface area (Å²) >= 11 is 0. The lowest BCUT2D eigenvalue weighted by Crippen LogP contribution is -2.44. The molecule has 0 radical (unpaired) electrons. The minimum absolute atomic E-state index is 0.132. The largest absolute Gasteiger partial charge is 0.340 e. The zero-order valence-electron chi connectivity index (χ0n) is 8.89. The lowest BCUT2D eigenvalue weighted by atomic mass is 10.1. The van der Waals surface area contributed by atoms with Crippen LogP contribution in [0.25, 0.3) is 0 Å². The van der Waals surface area contributed by atoms with Gasteiger partial charge in [-0.1, -0.05) is 0 Å². The predicted octanol–water partition coefficient (Wildman–Crippen LogP) is 0.851. The van der Waals surface area contributed by atoms with Gasteiger partial charge in [0, 0.05) is 32.4 Å². The van der Waals surface area contributed by atoms with Crippen molar-refractivity contribution in [2.24, 2.45) is 5.92 Å². The van der Waals surface area contributed by atoms with E-state index < -0.39 is 0 Å². The molecule has 15 heavy (non-hydrogen) atoms. The highest BCUT2D eigenvalue weighted by Crippen LogP contribution is 2.54. The molecule has 80 valence electrons. The van der Waals surface area contributed by atoms with Gasteiger partial charge < -0.3 is 4.90 Å². The zero-order chi connectivity index (χ0) is 10.5. The van der Waals surface area contributed by atoms with Gasteiger partial charge in [-0.3, -0.25) is 9.48 Å². The first-order valence-electron chi connectivity index (χ1n) is 5.48. The third kappa shape index (κ3) is 1.20. The van der Waals surface area contributed by atoms with Gasteiger partial charge >= 0.3 is 0 Å². The topological polar surface area (TPSA) is 38.1 Å². The summed E-state index contributed by atoms with van der Waals surface area (Å²) in [5.41, 5.74) is 0.132. The average Bonchev–Trinajstić information content (AvgIpc) is 2.70. The fraction of sp³-hybridized carbons (Fsp3) is 0.636. The smallest absolute Gasteiger partial charge is 0.219 e. The number of hydrogen-bond acceptors (Lipinski definition) is 2. The molecule has 0 N–H and O–H groups in total. The van der Waals surface area contributed by atoms with Crippen molar-refractivity contribution in [1.29, 1.82) is 0 Å².